The molecule has 4 heteroatoms. The average molecular weight is 254 g/mol. The Balaban J connectivity index is 2.13. The molecule has 0 N–H and O–H groups in total. The Bertz CT molecular complexity index is 333. The Labute approximate surface area is 108 Å². The van der Waals surface area contributed by atoms with Crippen LogP contribution in [0, 0.1) is 5.92 Å². The van der Waals surface area contributed by atoms with Crippen molar-refractivity contribution in [3.8, 4) is 0 Å². The number of carbonyl (C=O) groups excluding carboxylic acids is 1. The lowest BCUT2D eigenvalue weighted by atomic mass is 9.90. The summed E-state index contributed by atoms with van der Waals surface area (Å²) < 4.78 is 17.2. The van der Waals surface area contributed by atoms with Crippen LogP contribution in [0.25, 0.3) is 0 Å². The van der Waals surface area contributed by atoms with E-state index in [1.165, 1.54) is 0 Å². The van der Waals surface area contributed by atoms with Gasteiger partial charge in [-0.3, -0.25) is 4.79 Å². The molecular weight excluding hydrogens is 232 g/mol. The molecule has 2 aliphatic rings. The van der Waals surface area contributed by atoms with Gasteiger partial charge >= 0.3 is 5.97 Å². The first-order chi connectivity index (χ1) is 8.65. The number of hydrogen-bond donors (Lipinski definition) is 0. The molecule has 2 rings (SSSR count). The zero-order chi connectivity index (χ0) is 13.2. The molecule has 102 valence electrons. The fraction of sp³-hybridized carbons (Fsp3) is 0.786. The maximum atomic E-state index is 11.9. The van der Waals surface area contributed by atoms with Crippen molar-refractivity contribution >= 4 is 5.97 Å². The van der Waals surface area contributed by atoms with Crippen LogP contribution in [0.2, 0.25) is 0 Å². The Hall–Kier alpha value is -0.870. The van der Waals surface area contributed by atoms with Gasteiger partial charge in [0.15, 0.2) is 5.79 Å². The highest BCUT2D eigenvalue weighted by Gasteiger charge is 2.50. The lowest BCUT2D eigenvalue weighted by Gasteiger charge is -2.26. The summed E-state index contributed by atoms with van der Waals surface area (Å²) >= 11 is 0. The van der Waals surface area contributed by atoms with Crippen LogP contribution in [0.1, 0.15) is 40.0 Å². The molecule has 1 saturated heterocycles. The van der Waals surface area contributed by atoms with Gasteiger partial charge in [0.1, 0.15) is 12.0 Å². The Kier molecular flexibility index (Phi) is 4.07. The quantitative estimate of drug-likeness (QED) is 0.571. The SMILES string of the molecule is CCOC(=O)C1C=CC[C@@H]2OC(CC)(CC)O[C@H]12. The maximum Gasteiger partial charge on any atom is 0.315 e. The van der Waals surface area contributed by atoms with Crippen molar-refractivity contribution in [1.29, 1.82) is 0 Å². The Morgan fingerprint density at radius 1 is 1.33 bits per heavy atom. The van der Waals surface area contributed by atoms with Crippen LogP contribution in [0.3, 0.4) is 0 Å². The first-order valence-electron chi connectivity index (χ1n) is 6.84. The van der Waals surface area contributed by atoms with E-state index in [0.717, 1.165) is 19.3 Å². The van der Waals surface area contributed by atoms with Crippen LogP contribution in [-0.2, 0) is 19.0 Å². The smallest absolute Gasteiger partial charge is 0.315 e. The van der Waals surface area contributed by atoms with E-state index in [1.54, 1.807) is 0 Å². The Morgan fingerprint density at radius 3 is 2.67 bits per heavy atom. The second kappa shape index (κ2) is 5.41. The molecule has 0 amide bonds. The number of rotatable bonds is 4. The predicted octanol–water partition coefficient (Wildman–Crippen LogP) is 2.43. The van der Waals surface area contributed by atoms with Crippen LogP contribution >= 0.6 is 0 Å². The predicted molar refractivity (Wildman–Crippen MR) is 66.9 cm³/mol. The van der Waals surface area contributed by atoms with Gasteiger partial charge in [0.25, 0.3) is 0 Å². The molecule has 0 bridgehead atoms. The summed E-state index contributed by atoms with van der Waals surface area (Å²) in [5.41, 5.74) is 0. The molecular formula is C14H22O4. The zero-order valence-corrected chi connectivity index (χ0v) is 11.3. The van der Waals surface area contributed by atoms with Gasteiger partial charge in [-0.2, -0.15) is 0 Å². The number of carbonyl (C=O) groups is 1. The molecule has 0 aromatic heterocycles. The molecule has 4 nitrogen and oxygen atoms in total. The van der Waals surface area contributed by atoms with E-state index in [4.69, 9.17) is 14.2 Å². The molecule has 0 aromatic carbocycles. The number of hydrogen-bond acceptors (Lipinski definition) is 4. The minimum Gasteiger partial charge on any atom is -0.465 e. The lowest BCUT2D eigenvalue weighted by Crippen LogP contribution is -2.38. The summed E-state index contributed by atoms with van der Waals surface area (Å²) in [6.45, 7) is 6.31. The largest absolute Gasteiger partial charge is 0.465 e. The van der Waals surface area contributed by atoms with Crippen molar-refractivity contribution in [3.63, 3.8) is 0 Å². The molecule has 1 heterocycles. The molecule has 0 spiro atoms. The van der Waals surface area contributed by atoms with Gasteiger partial charge in [0.2, 0.25) is 0 Å². The van der Waals surface area contributed by atoms with Crippen molar-refractivity contribution in [2.75, 3.05) is 6.61 Å². The van der Waals surface area contributed by atoms with Crippen molar-refractivity contribution in [1.82, 2.24) is 0 Å². The number of fused-ring (bicyclic) bond motifs is 1. The highest BCUT2D eigenvalue weighted by Crippen LogP contribution is 2.41. The normalized spacial score (nSPS) is 33.2. The number of esters is 1. The molecule has 1 fully saturated rings. The van der Waals surface area contributed by atoms with E-state index >= 15 is 0 Å². The Morgan fingerprint density at radius 2 is 2.06 bits per heavy atom. The van der Waals surface area contributed by atoms with E-state index in [9.17, 15) is 4.79 Å². The van der Waals surface area contributed by atoms with Crippen molar-refractivity contribution in [2.24, 2.45) is 5.92 Å². The zero-order valence-electron chi connectivity index (χ0n) is 11.3. The van der Waals surface area contributed by atoms with E-state index in [2.05, 4.69) is 0 Å². The van der Waals surface area contributed by atoms with Crippen molar-refractivity contribution < 1.29 is 19.0 Å². The first kappa shape index (κ1) is 13.6. The summed E-state index contributed by atoms with van der Waals surface area (Å²) in [5, 5.41) is 0. The van der Waals surface area contributed by atoms with Crippen LogP contribution < -0.4 is 0 Å². The van der Waals surface area contributed by atoms with E-state index < -0.39 is 5.79 Å². The van der Waals surface area contributed by atoms with Gasteiger partial charge in [0.05, 0.1) is 12.7 Å². The second-order valence-electron chi connectivity index (χ2n) is 4.80. The van der Waals surface area contributed by atoms with E-state index in [0.29, 0.717) is 6.61 Å². The molecule has 18 heavy (non-hydrogen) atoms. The summed E-state index contributed by atoms with van der Waals surface area (Å²) in [6, 6.07) is 0. The molecule has 0 aromatic rings. The van der Waals surface area contributed by atoms with Gasteiger partial charge < -0.3 is 14.2 Å². The highest BCUT2D eigenvalue weighted by atomic mass is 16.8. The summed E-state index contributed by atoms with van der Waals surface area (Å²) in [4.78, 5) is 11.9. The summed E-state index contributed by atoms with van der Waals surface area (Å²) in [6.07, 6.45) is 6.07. The molecule has 1 aliphatic heterocycles. The summed E-state index contributed by atoms with van der Waals surface area (Å²) in [7, 11) is 0. The van der Waals surface area contributed by atoms with Crippen LogP contribution in [0.15, 0.2) is 12.2 Å². The third-order valence-electron chi connectivity index (χ3n) is 3.79. The van der Waals surface area contributed by atoms with E-state index in [-0.39, 0.29) is 24.1 Å². The molecule has 0 saturated carbocycles. The fourth-order valence-electron chi connectivity index (χ4n) is 2.68. The van der Waals surface area contributed by atoms with Crippen LogP contribution in [-0.4, -0.2) is 30.6 Å². The van der Waals surface area contributed by atoms with Crippen LogP contribution in [0.5, 0.6) is 0 Å². The molecule has 0 radical (unpaired) electrons. The molecule has 3 atom stereocenters. The standard InChI is InChI=1S/C14H22O4/c1-4-14(5-2)17-11-9-7-8-10(12(11)18-14)13(15)16-6-3/h7-8,10-12H,4-6,9H2,1-3H3/t10?,11-,12+/m0/s1. The van der Waals surface area contributed by atoms with Gasteiger partial charge in [0, 0.05) is 0 Å². The second-order valence-corrected chi connectivity index (χ2v) is 4.80. The third kappa shape index (κ3) is 2.31. The fourth-order valence-corrected chi connectivity index (χ4v) is 2.68. The van der Waals surface area contributed by atoms with Crippen molar-refractivity contribution in [2.45, 2.75) is 58.0 Å². The molecule has 1 unspecified atom stereocenters. The average Bonchev–Trinajstić information content (AvgIpc) is 2.78. The molecule has 1 aliphatic carbocycles. The topological polar surface area (TPSA) is 44.8 Å². The van der Waals surface area contributed by atoms with Gasteiger partial charge in [-0.15, -0.1) is 0 Å². The number of ether oxygens (including phenoxy) is 3. The summed E-state index contributed by atoms with van der Waals surface area (Å²) in [5.74, 6) is -1.06. The van der Waals surface area contributed by atoms with Gasteiger partial charge in [-0.1, -0.05) is 26.0 Å². The van der Waals surface area contributed by atoms with Crippen LogP contribution in [0.4, 0.5) is 0 Å². The monoisotopic (exact) mass is 254 g/mol. The first-order valence-corrected chi connectivity index (χ1v) is 6.84. The van der Waals surface area contributed by atoms with E-state index in [1.807, 2.05) is 32.9 Å². The maximum absolute atomic E-state index is 11.9. The highest BCUT2D eigenvalue weighted by molar-refractivity contribution is 5.75. The minimum atomic E-state index is -0.522. The minimum absolute atomic E-state index is 0.0238. The lowest BCUT2D eigenvalue weighted by molar-refractivity contribution is -0.183. The van der Waals surface area contributed by atoms with Gasteiger partial charge in [-0.25, -0.2) is 0 Å². The third-order valence-corrected chi connectivity index (χ3v) is 3.79. The van der Waals surface area contributed by atoms with Crippen molar-refractivity contribution in [3.05, 3.63) is 12.2 Å². The van der Waals surface area contributed by atoms with Gasteiger partial charge in [-0.05, 0) is 26.2 Å².